The molecule has 1 fully saturated rings. The maximum absolute atomic E-state index is 9.95. The van der Waals surface area contributed by atoms with Crippen molar-refractivity contribution in [2.75, 3.05) is 13.4 Å². The van der Waals surface area contributed by atoms with Gasteiger partial charge in [-0.15, -0.1) is 0 Å². The van der Waals surface area contributed by atoms with Gasteiger partial charge in [0, 0.05) is 11.5 Å². The molecule has 0 spiro atoms. The molecule has 2 unspecified atom stereocenters. The van der Waals surface area contributed by atoms with E-state index in [1.54, 1.807) is 6.07 Å². The monoisotopic (exact) mass is 262 g/mol. The minimum atomic E-state index is -0.0822. The molecule has 0 radical (unpaired) electrons. The first-order valence-corrected chi connectivity index (χ1v) is 6.95. The van der Waals surface area contributed by atoms with Crippen molar-refractivity contribution >= 4 is 0 Å². The lowest BCUT2D eigenvalue weighted by Gasteiger charge is -2.31. The highest BCUT2D eigenvalue weighted by atomic mass is 16.7. The molecule has 0 amide bonds. The molecule has 0 saturated carbocycles. The minimum Gasteiger partial charge on any atom is -0.508 e. The van der Waals surface area contributed by atoms with Crippen molar-refractivity contribution in [3.63, 3.8) is 0 Å². The molecular weight excluding hydrogens is 240 g/mol. The highest BCUT2D eigenvalue weighted by molar-refractivity contribution is 5.34. The Hall–Kier alpha value is -1.32. The van der Waals surface area contributed by atoms with Crippen LogP contribution in [0.15, 0.2) is 36.4 Å². The van der Waals surface area contributed by atoms with Crippen molar-refractivity contribution in [2.24, 2.45) is 5.92 Å². The van der Waals surface area contributed by atoms with E-state index in [-0.39, 0.29) is 12.0 Å². The summed E-state index contributed by atoms with van der Waals surface area (Å²) in [6.07, 6.45) is 7.50. The second-order valence-corrected chi connectivity index (χ2v) is 4.89. The summed E-state index contributed by atoms with van der Waals surface area (Å²) in [5.74, 6) is 0.562. The van der Waals surface area contributed by atoms with E-state index in [0.717, 1.165) is 24.8 Å². The van der Waals surface area contributed by atoms with Crippen LogP contribution < -0.4 is 0 Å². The SMILES string of the molecule is CCC/C=C\CC1COCOC1c1ccccc1O. The second kappa shape index (κ2) is 7.31. The van der Waals surface area contributed by atoms with E-state index in [0.29, 0.717) is 19.1 Å². The Morgan fingerprint density at radius 2 is 2.16 bits per heavy atom. The van der Waals surface area contributed by atoms with Crippen LogP contribution in [0.4, 0.5) is 0 Å². The van der Waals surface area contributed by atoms with E-state index in [9.17, 15) is 5.11 Å². The van der Waals surface area contributed by atoms with E-state index < -0.39 is 0 Å². The van der Waals surface area contributed by atoms with Crippen LogP contribution in [-0.2, 0) is 9.47 Å². The lowest BCUT2D eigenvalue weighted by atomic mass is 9.92. The molecule has 0 bridgehead atoms. The van der Waals surface area contributed by atoms with Crippen LogP contribution in [0.3, 0.4) is 0 Å². The Balaban J connectivity index is 2.06. The third kappa shape index (κ3) is 3.82. The first-order valence-electron chi connectivity index (χ1n) is 6.95. The highest BCUT2D eigenvalue weighted by Gasteiger charge is 2.28. The summed E-state index contributed by atoms with van der Waals surface area (Å²) >= 11 is 0. The number of rotatable bonds is 5. The number of phenolic OH excluding ortho intramolecular Hbond substituents is 1. The van der Waals surface area contributed by atoms with E-state index >= 15 is 0 Å². The lowest BCUT2D eigenvalue weighted by Crippen LogP contribution is -2.27. The minimum absolute atomic E-state index is 0.0822. The van der Waals surface area contributed by atoms with Crippen LogP contribution in [0.5, 0.6) is 5.75 Å². The van der Waals surface area contributed by atoms with Crippen LogP contribution in [0.25, 0.3) is 0 Å². The largest absolute Gasteiger partial charge is 0.508 e. The molecule has 0 aromatic heterocycles. The summed E-state index contributed by atoms with van der Waals surface area (Å²) < 4.78 is 11.1. The predicted molar refractivity (Wildman–Crippen MR) is 74.9 cm³/mol. The van der Waals surface area contributed by atoms with Crippen molar-refractivity contribution in [1.29, 1.82) is 0 Å². The Kier molecular flexibility index (Phi) is 5.43. The van der Waals surface area contributed by atoms with Crippen LogP contribution in [0.2, 0.25) is 0 Å². The summed E-state index contributed by atoms with van der Waals surface area (Å²) in [6.45, 7) is 3.14. The summed E-state index contributed by atoms with van der Waals surface area (Å²) in [7, 11) is 0. The first-order chi connectivity index (χ1) is 9.33. The molecule has 19 heavy (non-hydrogen) atoms. The zero-order chi connectivity index (χ0) is 13.5. The molecule has 1 aliphatic heterocycles. The van der Waals surface area contributed by atoms with Crippen molar-refractivity contribution in [2.45, 2.75) is 32.3 Å². The average molecular weight is 262 g/mol. The second-order valence-electron chi connectivity index (χ2n) is 4.89. The zero-order valence-corrected chi connectivity index (χ0v) is 11.4. The number of phenols is 1. The fraction of sp³-hybridized carbons (Fsp3) is 0.500. The summed E-state index contributed by atoms with van der Waals surface area (Å²) in [5, 5.41) is 9.95. The number of allylic oxidation sites excluding steroid dienone is 2. The van der Waals surface area contributed by atoms with Gasteiger partial charge in [-0.2, -0.15) is 0 Å². The first kappa shape index (κ1) is 14.1. The molecule has 2 rings (SSSR count). The molecule has 1 aromatic rings. The molecular formula is C16H22O3. The van der Waals surface area contributed by atoms with Gasteiger partial charge in [-0.25, -0.2) is 0 Å². The van der Waals surface area contributed by atoms with E-state index in [1.165, 1.54) is 0 Å². The number of ether oxygens (including phenoxy) is 2. The van der Waals surface area contributed by atoms with Gasteiger partial charge in [0.25, 0.3) is 0 Å². The average Bonchev–Trinajstić information content (AvgIpc) is 2.45. The molecule has 1 aromatic carbocycles. The number of benzene rings is 1. The third-order valence-electron chi connectivity index (χ3n) is 3.40. The Morgan fingerprint density at radius 3 is 2.95 bits per heavy atom. The number of unbranched alkanes of at least 4 members (excludes halogenated alkanes) is 1. The normalized spacial score (nSPS) is 23.8. The molecule has 2 atom stereocenters. The number of para-hydroxylation sites is 1. The third-order valence-corrected chi connectivity index (χ3v) is 3.40. The van der Waals surface area contributed by atoms with E-state index in [1.807, 2.05) is 18.2 Å². The molecule has 3 nitrogen and oxygen atoms in total. The van der Waals surface area contributed by atoms with Gasteiger partial charge < -0.3 is 14.6 Å². The fourth-order valence-corrected chi connectivity index (χ4v) is 2.36. The van der Waals surface area contributed by atoms with E-state index in [2.05, 4.69) is 19.1 Å². The number of hydrogen-bond acceptors (Lipinski definition) is 3. The summed E-state index contributed by atoms with van der Waals surface area (Å²) in [6, 6.07) is 7.39. The zero-order valence-electron chi connectivity index (χ0n) is 11.4. The van der Waals surface area contributed by atoms with Gasteiger partial charge in [0.15, 0.2) is 0 Å². The standard InChI is InChI=1S/C16H22O3/c1-2-3-4-5-8-13-11-18-12-19-16(13)14-9-6-7-10-15(14)17/h4-7,9-10,13,16-17H,2-3,8,11-12H2,1H3/b5-4-. The van der Waals surface area contributed by atoms with Gasteiger partial charge in [-0.1, -0.05) is 43.7 Å². The van der Waals surface area contributed by atoms with Crippen LogP contribution in [0, 0.1) is 5.92 Å². The molecule has 1 saturated heterocycles. The summed E-state index contributed by atoms with van der Waals surface area (Å²) in [4.78, 5) is 0. The Bertz CT molecular complexity index is 414. The van der Waals surface area contributed by atoms with Crippen LogP contribution in [-0.4, -0.2) is 18.5 Å². The van der Waals surface area contributed by atoms with Crippen molar-refractivity contribution in [3.8, 4) is 5.75 Å². The topological polar surface area (TPSA) is 38.7 Å². The Morgan fingerprint density at radius 1 is 1.32 bits per heavy atom. The smallest absolute Gasteiger partial charge is 0.147 e. The number of hydrogen-bond donors (Lipinski definition) is 1. The quantitative estimate of drug-likeness (QED) is 0.820. The van der Waals surface area contributed by atoms with Gasteiger partial charge in [0.2, 0.25) is 0 Å². The molecule has 1 N–H and O–H groups in total. The molecule has 1 heterocycles. The number of aromatic hydroxyl groups is 1. The predicted octanol–water partition coefficient (Wildman–Crippen LogP) is 3.80. The molecule has 1 aliphatic rings. The Labute approximate surface area is 114 Å². The van der Waals surface area contributed by atoms with Gasteiger partial charge in [0.05, 0.1) is 12.7 Å². The maximum atomic E-state index is 9.95. The van der Waals surface area contributed by atoms with Crippen molar-refractivity contribution in [1.82, 2.24) is 0 Å². The van der Waals surface area contributed by atoms with Gasteiger partial charge in [0.1, 0.15) is 12.5 Å². The van der Waals surface area contributed by atoms with Gasteiger partial charge in [-0.3, -0.25) is 0 Å². The van der Waals surface area contributed by atoms with Crippen molar-refractivity contribution in [3.05, 3.63) is 42.0 Å². The van der Waals surface area contributed by atoms with Gasteiger partial charge >= 0.3 is 0 Å². The fourth-order valence-electron chi connectivity index (χ4n) is 2.36. The van der Waals surface area contributed by atoms with E-state index in [4.69, 9.17) is 9.47 Å². The molecule has 0 aliphatic carbocycles. The van der Waals surface area contributed by atoms with Crippen molar-refractivity contribution < 1.29 is 14.6 Å². The van der Waals surface area contributed by atoms with Crippen LogP contribution in [0.1, 0.15) is 37.9 Å². The lowest BCUT2D eigenvalue weighted by molar-refractivity contribution is -0.172. The summed E-state index contributed by atoms with van der Waals surface area (Å²) in [5.41, 5.74) is 0.861. The highest BCUT2D eigenvalue weighted by Crippen LogP contribution is 2.36. The van der Waals surface area contributed by atoms with Crippen LogP contribution >= 0.6 is 0 Å². The van der Waals surface area contributed by atoms with Gasteiger partial charge in [-0.05, 0) is 18.9 Å². The molecule has 104 valence electrons. The molecule has 3 heteroatoms. The maximum Gasteiger partial charge on any atom is 0.147 e.